The Kier molecular flexibility index (Phi) is 5.38. The van der Waals surface area contributed by atoms with E-state index in [4.69, 9.17) is 9.15 Å². The number of ketones is 1. The molecule has 5 heteroatoms. The predicted molar refractivity (Wildman–Crippen MR) is 101 cm³/mol. The van der Waals surface area contributed by atoms with Crippen LogP contribution in [0.25, 0.3) is 0 Å². The summed E-state index contributed by atoms with van der Waals surface area (Å²) in [5.41, 5.74) is 3.19. The number of carbonyl (C=O) groups is 2. The van der Waals surface area contributed by atoms with Crippen molar-refractivity contribution in [3.63, 3.8) is 0 Å². The predicted octanol–water partition coefficient (Wildman–Crippen LogP) is 5.44. The van der Waals surface area contributed by atoms with Gasteiger partial charge < -0.3 is 9.15 Å². The number of aryl methyl sites for hydroxylation is 2. The van der Waals surface area contributed by atoms with Gasteiger partial charge in [0.15, 0.2) is 10.8 Å². The molecule has 0 amide bonds. The van der Waals surface area contributed by atoms with Crippen molar-refractivity contribution in [3.8, 4) is 0 Å². The van der Waals surface area contributed by atoms with Gasteiger partial charge in [-0.2, -0.15) is 0 Å². The Balaban J connectivity index is 1.93. The van der Waals surface area contributed by atoms with E-state index in [1.54, 1.807) is 30.3 Å². The number of hydrogen-bond acceptors (Lipinski definition) is 4. The summed E-state index contributed by atoms with van der Waals surface area (Å²) in [6.07, 6.45) is -1.05. The van der Waals surface area contributed by atoms with Crippen molar-refractivity contribution in [2.24, 2.45) is 0 Å². The molecule has 1 aromatic heterocycles. The van der Waals surface area contributed by atoms with Gasteiger partial charge in [-0.25, -0.2) is 4.79 Å². The minimum absolute atomic E-state index is 0.0330. The molecule has 1 heterocycles. The summed E-state index contributed by atoms with van der Waals surface area (Å²) in [5, 5.41) is 0. The second-order valence-corrected chi connectivity index (χ2v) is 6.81. The van der Waals surface area contributed by atoms with Crippen LogP contribution < -0.4 is 0 Å². The van der Waals surface area contributed by atoms with Crippen LogP contribution in [0.2, 0.25) is 0 Å². The number of halogens is 1. The third-order valence-electron chi connectivity index (χ3n) is 3.95. The Morgan fingerprint density at radius 1 is 0.885 bits per heavy atom. The summed E-state index contributed by atoms with van der Waals surface area (Å²) in [6.45, 7) is 3.90. The molecule has 26 heavy (non-hydrogen) atoms. The third-order valence-corrected chi connectivity index (χ3v) is 4.38. The summed E-state index contributed by atoms with van der Waals surface area (Å²) in [7, 11) is 0. The number of benzene rings is 2. The lowest BCUT2D eigenvalue weighted by molar-refractivity contribution is 0.0249. The SMILES string of the molecule is Cc1ccc(C(=O)C(OC(=O)c2ccc(Br)o2)c2ccc(C)cc2)cc1. The smallest absolute Gasteiger partial charge is 0.375 e. The summed E-state index contributed by atoms with van der Waals surface area (Å²) in [4.78, 5) is 25.4. The Hall–Kier alpha value is -2.66. The first kappa shape index (κ1) is 18.1. The molecule has 0 aliphatic carbocycles. The van der Waals surface area contributed by atoms with Crippen molar-refractivity contribution in [2.75, 3.05) is 0 Å². The molecule has 1 unspecified atom stereocenters. The van der Waals surface area contributed by atoms with Gasteiger partial charge in [0, 0.05) is 11.1 Å². The van der Waals surface area contributed by atoms with E-state index in [1.807, 2.05) is 38.1 Å². The molecule has 132 valence electrons. The summed E-state index contributed by atoms with van der Waals surface area (Å²) >= 11 is 3.15. The molecule has 1 atom stereocenters. The summed E-state index contributed by atoms with van der Waals surface area (Å²) in [6, 6.07) is 17.6. The Bertz CT molecular complexity index is 923. The molecule has 2 aromatic carbocycles. The monoisotopic (exact) mass is 412 g/mol. The van der Waals surface area contributed by atoms with Crippen molar-refractivity contribution in [1.29, 1.82) is 0 Å². The molecule has 3 aromatic rings. The average Bonchev–Trinajstić information content (AvgIpc) is 3.07. The highest BCUT2D eigenvalue weighted by Gasteiger charge is 2.28. The quantitative estimate of drug-likeness (QED) is 0.413. The zero-order valence-electron chi connectivity index (χ0n) is 14.4. The third kappa shape index (κ3) is 4.11. The number of esters is 1. The summed E-state index contributed by atoms with van der Waals surface area (Å²) in [5.74, 6) is -0.944. The standard InChI is InChI=1S/C21H17BrO4/c1-13-3-7-15(8-4-13)19(23)20(16-9-5-14(2)6-10-16)26-21(24)17-11-12-18(22)25-17/h3-12,20H,1-2H3. The number of hydrogen-bond donors (Lipinski definition) is 0. The van der Waals surface area contributed by atoms with Crippen LogP contribution in [-0.4, -0.2) is 11.8 Å². The number of rotatable bonds is 5. The van der Waals surface area contributed by atoms with Crippen LogP contribution in [0.4, 0.5) is 0 Å². The molecular formula is C21H17BrO4. The minimum Gasteiger partial charge on any atom is -0.443 e. The largest absolute Gasteiger partial charge is 0.443 e. The van der Waals surface area contributed by atoms with Gasteiger partial charge in [0.05, 0.1) is 0 Å². The summed E-state index contributed by atoms with van der Waals surface area (Å²) < 4.78 is 11.2. The lowest BCUT2D eigenvalue weighted by atomic mass is 9.98. The lowest BCUT2D eigenvalue weighted by Crippen LogP contribution is -2.20. The lowest BCUT2D eigenvalue weighted by Gasteiger charge is -2.17. The molecule has 0 aliphatic rings. The Labute approximate surface area is 159 Å². The molecule has 3 rings (SSSR count). The second-order valence-electron chi connectivity index (χ2n) is 6.03. The molecule has 0 spiro atoms. The zero-order valence-corrected chi connectivity index (χ0v) is 15.9. The molecule has 0 fully saturated rings. The second kappa shape index (κ2) is 7.70. The van der Waals surface area contributed by atoms with Crippen molar-refractivity contribution in [2.45, 2.75) is 20.0 Å². The van der Waals surface area contributed by atoms with E-state index in [2.05, 4.69) is 15.9 Å². The van der Waals surface area contributed by atoms with Crippen molar-refractivity contribution < 1.29 is 18.7 Å². The first-order valence-electron chi connectivity index (χ1n) is 8.08. The van der Waals surface area contributed by atoms with Gasteiger partial charge in [-0.1, -0.05) is 59.7 Å². The molecular weight excluding hydrogens is 396 g/mol. The minimum atomic E-state index is -1.05. The highest BCUT2D eigenvalue weighted by Crippen LogP contribution is 2.26. The van der Waals surface area contributed by atoms with Gasteiger partial charge in [-0.05, 0) is 41.9 Å². The van der Waals surface area contributed by atoms with Crippen LogP contribution in [0.5, 0.6) is 0 Å². The number of ether oxygens (including phenoxy) is 1. The molecule has 0 radical (unpaired) electrons. The van der Waals surface area contributed by atoms with Crippen LogP contribution in [0.15, 0.2) is 69.8 Å². The molecule has 4 nitrogen and oxygen atoms in total. The fraction of sp³-hybridized carbons (Fsp3) is 0.143. The van der Waals surface area contributed by atoms with Crippen LogP contribution in [0.1, 0.15) is 43.7 Å². The molecule has 0 saturated carbocycles. The normalized spacial score (nSPS) is 11.8. The fourth-order valence-electron chi connectivity index (χ4n) is 2.47. The number of furan rings is 1. The maximum Gasteiger partial charge on any atom is 0.375 e. The molecule has 0 saturated heterocycles. The molecule has 0 bridgehead atoms. The molecule has 0 aliphatic heterocycles. The van der Waals surface area contributed by atoms with E-state index in [0.29, 0.717) is 15.8 Å². The highest BCUT2D eigenvalue weighted by atomic mass is 79.9. The van der Waals surface area contributed by atoms with Crippen molar-refractivity contribution in [1.82, 2.24) is 0 Å². The van der Waals surface area contributed by atoms with Crippen molar-refractivity contribution >= 4 is 27.7 Å². The maximum atomic E-state index is 13.0. The van der Waals surface area contributed by atoms with Crippen LogP contribution >= 0.6 is 15.9 Å². The zero-order chi connectivity index (χ0) is 18.7. The van der Waals surface area contributed by atoms with Gasteiger partial charge in [-0.15, -0.1) is 0 Å². The van der Waals surface area contributed by atoms with E-state index in [1.165, 1.54) is 6.07 Å². The highest BCUT2D eigenvalue weighted by molar-refractivity contribution is 9.10. The maximum absolute atomic E-state index is 13.0. The topological polar surface area (TPSA) is 56.5 Å². The average molecular weight is 413 g/mol. The van der Waals surface area contributed by atoms with Gasteiger partial charge in [0.1, 0.15) is 0 Å². The van der Waals surface area contributed by atoms with E-state index in [-0.39, 0.29) is 11.5 Å². The van der Waals surface area contributed by atoms with Crippen LogP contribution in [0.3, 0.4) is 0 Å². The number of Topliss-reactive ketones (excluding diaryl/α,β-unsaturated/α-hetero) is 1. The Morgan fingerprint density at radius 3 is 2.00 bits per heavy atom. The van der Waals surface area contributed by atoms with Gasteiger partial charge in [0.25, 0.3) is 0 Å². The van der Waals surface area contributed by atoms with E-state index >= 15 is 0 Å². The fourth-order valence-corrected chi connectivity index (χ4v) is 2.78. The Morgan fingerprint density at radius 2 is 1.46 bits per heavy atom. The van der Waals surface area contributed by atoms with E-state index < -0.39 is 12.1 Å². The van der Waals surface area contributed by atoms with Crippen molar-refractivity contribution in [3.05, 3.63) is 93.3 Å². The van der Waals surface area contributed by atoms with Gasteiger partial charge >= 0.3 is 5.97 Å². The first-order chi connectivity index (χ1) is 12.4. The van der Waals surface area contributed by atoms with Gasteiger partial charge in [0.2, 0.25) is 11.5 Å². The molecule has 0 N–H and O–H groups in total. The van der Waals surface area contributed by atoms with Crippen LogP contribution in [0, 0.1) is 13.8 Å². The van der Waals surface area contributed by atoms with E-state index in [0.717, 1.165) is 11.1 Å². The van der Waals surface area contributed by atoms with Crippen LogP contribution in [-0.2, 0) is 4.74 Å². The first-order valence-corrected chi connectivity index (χ1v) is 8.87. The van der Waals surface area contributed by atoms with E-state index in [9.17, 15) is 9.59 Å². The number of carbonyl (C=O) groups excluding carboxylic acids is 2. The van der Waals surface area contributed by atoms with Gasteiger partial charge in [-0.3, -0.25) is 4.79 Å².